The van der Waals surface area contributed by atoms with Crippen molar-refractivity contribution in [1.29, 1.82) is 0 Å². The Bertz CT molecular complexity index is 1360. The van der Waals surface area contributed by atoms with E-state index < -0.39 is 5.97 Å². The van der Waals surface area contributed by atoms with Gasteiger partial charge >= 0.3 is 5.97 Å². The van der Waals surface area contributed by atoms with E-state index in [0.29, 0.717) is 16.8 Å². The molecule has 0 bridgehead atoms. The number of aromatic amines is 1. The lowest BCUT2D eigenvalue weighted by Gasteiger charge is -2.07. The summed E-state index contributed by atoms with van der Waals surface area (Å²) < 4.78 is 0. The molecule has 0 saturated carbocycles. The van der Waals surface area contributed by atoms with Crippen molar-refractivity contribution < 1.29 is 14.7 Å². The number of nitrogens with zero attached hydrogens (tertiary/aromatic N) is 1. The number of rotatable bonds is 6. The summed E-state index contributed by atoms with van der Waals surface area (Å²) in [5.74, 6) is -0.956. The SMILES string of the molecule is CCc1cc(C(C)=NCC(=O)O)cc2c1[nH]c1ccc(C(=O)c3ccccc3C)cc12. The molecule has 0 radical (unpaired) electrons. The number of aryl methyl sites for hydroxylation is 2. The van der Waals surface area contributed by atoms with Gasteiger partial charge < -0.3 is 10.1 Å². The third-order valence-electron chi connectivity index (χ3n) is 5.69. The average Bonchev–Trinajstić information content (AvgIpc) is 3.14. The second-order valence-electron chi connectivity index (χ2n) is 7.74. The zero-order chi connectivity index (χ0) is 22.1. The molecule has 4 rings (SSSR count). The second kappa shape index (κ2) is 8.19. The Morgan fingerprint density at radius 3 is 2.45 bits per heavy atom. The van der Waals surface area contributed by atoms with Gasteiger partial charge in [-0.25, -0.2) is 0 Å². The highest BCUT2D eigenvalue weighted by Gasteiger charge is 2.15. The molecule has 0 atom stereocenters. The summed E-state index contributed by atoms with van der Waals surface area (Å²) in [5, 5.41) is 10.9. The number of hydrogen-bond acceptors (Lipinski definition) is 3. The molecule has 0 aliphatic rings. The molecule has 0 spiro atoms. The first-order valence-electron chi connectivity index (χ1n) is 10.3. The van der Waals surface area contributed by atoms with Gasteiger partial charge in [0.15, 0.2) is 5.78 Å². The summed E-state index contributed by atoms with van der Waals surface area (Å²) in [6.07, 6.45) is 0.818. The fourth-order valence-corrected chi connectivity index (χ4v) is 3.96. The van der Waals surface area contributed by atoms with Gasteiger partial charge in [-0.1, -0.05) is 31.2 Å². The third kappa shape index (κ3) is 3.87. The molecular weight excluding hydrogens is 388 g/mol. The molecule has 5 heteroatoms. The van der Waals surface area contributed by atoms with Crippen LogP contribution in [-0.2, 0) is 11.2 Å². The molecule has 0 saturated heterocycles. The van der Waals surface area contributed by atoms with Crippen molar-refractivity contribution in [2.45, 2.75) is 27.2 Å². The maximum Gasteiger partial charge on any atom is 0.325 e. The molecule has 1 aromatic heterocycles. The number of aliphatic imine (C=N–C) groups is 1. The Labute approximate surface area is 180 Å². The lowest BCUT2D eigenvalue weighted by Crippen LogP contribution is -2.04. The number of fused-ring (bicyclic) bond motifs is 3. The first kappa shape index (κ1) is 20.5. The first-order chi connectivity index (χ1) is 14.9. The van der Waals surface area contributed by atoms with Crippen LogP contribution in [0.3, 0.4) is 0 Å². The maximum absolute atomic E-state index is 13.1. The number of hydrogen-bond donors (Lipinski definition) is 2. The van der Waals surface area contributed by atoms with Gasteiger partial charge in [-0.2, -0.15) is 0 Å². The zero-order valence-electron chi connectivity index (χ0n) is 17.8. The number of H-pyrrole nitrogens is 1. The van der Waals surface area contributed by atoms with Crippen molar-refractivity contribution in [2.24, 2.45) is 4.99 Å². The quantitative estimate of drug-likeness (QED) is 0.332. The predicted molar refractivity (Wildman–Crippen MR) is 125 cm³/mol. The van der Waals surface area contributed by atoms with E-state index in [1.165, 1.54) is 0 Å². The van der Waals surface area contributed by atoms with E-state index in [9.17, 15) is 9.59 Å². The minimum Gasteiger partial charge on any atom is -0.480 e. The minimum absolute atomic E-state index is 0.000390. The van der Waals surface area contributed by atoms with Crippen LogP contribution in [0.2, 0.25) is 0 Å². The molecule has 0 unspecified atom stereocenters. The average molecular weight is 412 g/mol. The number of nitrogens with one attached hydrogen (secondary N) is 1. The number of aliphatic carboxylic acids is 1. The molecule has 0 aliphatic heterocycles. The highest BCUT2D eigenvalue weighted by atomic mass is 16.4. The molecule has 3 aromatic carbocycles. The van der Waals surface area contributed by atoms with E-state index in [0.717, 1.165) is 44.9 Å². The van der Waals surface area contributed by atoms with Gasteiger partial charge in [-0.15, -0.1) is 0 Å². The van der Waals surface area contributed by atoms with Gasteiger partial charge in [0.1, 0.15) is 6.54 Å². The second-order valence-corrected chi connectivity index (χ2v) is 7.74. The molecule has 5 nitrogen and oxygen atoms in total. The topological polar surface area (TPSA) is 82.5 Å². The van der Waals surface area contributed by atoms with Crippen LogP contribution in [0.25, 0.3) is 21.8 Å². The predicted octanol–water partition coefficient (Wildman–Crippen LogP) is 5.32. The normalized spacial score (nSPS) is 11.9. The van der Waals surface area contributed by atoms with Gasteiger partial charge in [0.2, 0.25) is 0 Å². The van der Waals surface area contributed by atoms with Crippen molar-refractivity contribution in [2.75, 3.05) is 6.54 Å². The van der Waals surface area contributed by atoms with Crippen molar-refractivity contribution in [3.05, 3.63) is 82.4 Å². The Hall–Kier alpha value is -3.73. The van der Waals surface area contributed by atoms with Crippen LogP contribution in [0.15, 0.2) is 59.6 Å². The molecule has 156 valence electrons. The van der Waals surface area contributed by atoms with Crippen LogP contribution in [0.4, 0.5) is 0 Å². The molecule has 31 heavy (non-hydrogen) atoms. The van der Waals surface area contributed by atoms with Crippen LogP contribution in [0.5, 0.6) is 0 Å². The molecular formula is C26H24N2O3. The summed E-state index contributed by atoms with van der Waals surface area (Å²) in [4.78, 5) is 31.7. The minimum atomic E-state index is -0.956. The van der Waals surface area contributed by atoms with Crippen LogP contribution >= 0.6 is 0 Å². The number of aromatic nitrogens is 1. The largest absolute Gasteiger partial charge is 0.480 e. The highest BCUT2D eigenvalue weighted by Crippen LogP contribution is 2.31. The van der Waals surface area contributed by atoms with Gasteiger partial charge in [-0.3, -0.25) is 14.6 Å². The van der Waals surface area contributed by atoms with Crippen LogP contribution in [0.1, 0.15) is 46.5 Å². The number of carbonyl (C=O) groups is 2. The van der Waals surface area contributed by atoms with Crippen LogP contribution in [0, 0.1) is 6.92 Å². The third-order valence-corrected chi connectivity index (χ3v) is 5.69. The Morgan fingerprint density at radius 2 is 1.74 bits per heavy atom. The lowest BCUT2D eigenvalue weighted by molar-refractivity contribution is -0.135. The van der Waals surface area contributed by atoms with Crippen molar-refractivity contribution in [1.82, 2.24) is 4.98 Å². The summed E-state index contributed by atoms with van der Waals surface area (Å²) in [7, 11) is 0. The van der Waals surface area contributed by atoms with Gasteiger partial charge in [0, 0.05) is 38.6 Å². The van der Waals surface area contributed by atoms with E-state index in [1.54, 1.807) is 0 Å². The number of carboxylic acids is 1. The number of carbonyl (C=O) groups excluding carboxylic acids is 1. The fourth-order valence-electron chi connectivity index (χ4n) is 3.96. The highest BCUT2D eigenvalue weighted by molar-refractivity contribution is 6.16. The van der Waals surface area contributed by atoms with E-state index in [-0.39, 0.29) is 12.3 Å². The lowest BCUT2D eigenvalue weighted by atomic mass is 9.96. The molecule has 0 fully saturated rings. The summed E-state index contributed by atoms with van der Waals surface area (Å²) >= 11 is 0. The molecule has 2 N–H and O–H groups in total. The van der Waals surface area contributed by atoms with E-state index in [1.807, 2.05) is 62.4 Å². The number of benzene rings is 3. The van der Waals surface area contributed by atoms with Crippen LogP contribution < -0.4 is 0 Å². The molecule has 1 heterocycles. The van der Waals surface area contributed by atoms with E-state index in [2.05, 4.69) is 23.0 Å². The number of ketones is 1. The molecule has 0 aliphatic carbocycles. The maximum atomic E-state index is 13.1. The van der Waals surface area contributed by atoms with Crippen LogP contribution in [-0.4, -0.2) is 34.1 Å². The zero-order valence-corrected chi connectivity index (χ0v) is 17.8. The van der Waals surface area contributed by atoms with E-state index >= 15 is 0 Å². The first-order valence-corrected chi connectivity index (χ1v) is 10.3. The van der Waals surface area contributed by atoms with Crippen molar-refractivity contribution in [3.8, 4) is 0 Å². The van der Waals surface area contributed by atoms with Crippen molar-refractivity contribution in [3.63, 3.8) is 0 Å². The molecule has 4 aromatic rings. The Balaban J connectivity index is 1.88. The van der Waals surface area contributed by atoms with Gasteiger partial charge in [0.25, 0.3) is 0 Å². The van der Waals surface area contributed by atoms with Crippen molar-refractivity contribution >= 4 is 39.3 Å². The summed E-state index contributed by atoms with van der Waals surface area (Å²) in [5.41, 5.74) is 6.99. The fraction of sp³-hybridized carbons (Fsp3) is 0.192. The summed E-state index contributed by atoms with van der Waals surface area (Å²) in [6.45, 7) is 5.59. The number of carboxylic acid groups (broad SMARTS) is 1. The summed E-state index contributed by atoms with van der Waals surface area (Å²) in [6, 6.07) is 17.4. The molecule has 0 amide bonds. The Kier molecular flexibility index (Phi) is 5.42. The smallest absolute Gasteiger partial charge is 0.325 e. The van der Waals surface area contributed by atoms with E-state index in [4.69, 9.17) is 5.11 Å². The van der Waals surface area contributed by atoms with Gasteiger partial charge in [0.05, 0.1) is 0 Å². The standard InChI is InChI=1S/C26H24N2O3/c1-4-17-11-19(16(3)27-14-24(29)30)13-22-21-12-18(9-10-23(21)28-25(17)22)26(31)20-8-6-5-7-15(20)2/h5-13,28H,4,14H2,1-3H3,(H,29,30). The Morgan fingerprint density at radius 1 is 1.00 bits per heavy atom. The monoisotopic (exact) mass is 412 g/mol. The van der Waals surface area contributed by atoms with Gasteiger partial charge in [-0.05, 0) is 67.3 Å².